The van der Waals surface area contributed by atoms with Gasteiger partial charge in [-0.25, -0.2) is 54.5 Å². The van der Waals surface area contributed by atoms with Crippen molar-refractivity contribution < 1.29 is 23.7 Å². The van der Waals surface area contributed by atoms with Crippen molar-refractivity contribution in [2.45, 2.75) is 169 Å². The number of fused-ring (bicyclic) bond motifs is 35. The van der Waals surface area contributed by atoms with Crippen LogP contribution < -0.4 is 57.3 Å². The Hall–Kier alpha value is -18.1. The van der Waals surface area contributed by atoms with Gasteiger partial charge in [-0.2, -0.15) is 51.8 Å². The van der Waals surface area contributed by atoms with Crippen molar-refractivity contribution in [3.63, 3.8) is 0 Å². The first-order valence-corrected chi connectivity index (χ1v) is 48.6. The molecule has 4 fully saturated rings. The molecule has 148 heavy (non-hydrogen) atoms. The van der Waals surface area contributed by atoms with E-state index in [4.69, 9.17) is 52.4 Å². The van der Waals surface area contributed by atoms with E-state index < -0.39 is 0 Å². The molecule has 9 aliphatic rings. The number of hydrogen-bond donors (Lipinski definition) is 5. The normalized spacial score (nSPS) is 20.5. The van der Waals surface area contributed by atoms with E-state index in [2.05, 4.69) is 244 Å². The van der Waals surface area contributed by atoms with E-state index >= 15 is 0 Å². The Morgan fingerprint density at radius 3 is 1.14 bits per heavy atom. The average Bonchev–Trinajstić information content (AvgIpc) is 1.59. The van der Waals surface area contributed by atoms with Crippen molar-refractivity contribution in [1.82, 2.24) is 124 Å². The van der Waals surface area contributed by atoms with Gasteiger partial charge in [0, 0.05) is 102 Å². The van der Waals surface area contributed by atoms with Crippen molar-refractivity contribution >= 4 is 34.8 Å². The molecule has 3 saturated heterocycles. The highest BCUT2D eigenvalue weighted by atomic mass is 16.5. The predicted molar refractivity (Wildman–Crippen MR) is 547 cm³/mol. The third-order valence-corrected chi connectivity index (χ3v) is 28.8. The lowest BCUT2D eigenvalue weighted by Crippen LogP contribution is -2.13. The summed E-state index contributed by atoms with van der Waals surface area (Å²) < 4.78 is 40.6. The largest absolute Gasteiger partial charge is 0.467 e. The zero-order valence-corrected chi connectivity index (χ0v) is 84.4. The van der Waals surface area contributed by atoms with Crippen LogP contribution in [0.1, 0.15) is 219 Å². The number of aryl methyl sites for hydroxylation is 10. The van der Waals surface area contributed by atoms with Crippen molar-refractivity contribution in [2.24, 2.45) is 41.2 Å². The zero-order valence-electron chi connectivity index (χ0n) is 84.4. The van der Waals surface area contributed by atoms with Gasteiger partial charge >= 0.3 is 0 Å². The molecule has 8 unspecified atom stereocenters. The van der Waals surface area contributed by atoms with E-state index in [0.29, 0.717) is 128 Å². The first-order chi connectivity index (χ1) is 71.2. The van der Waals surface area contributed by atoms with Crippen molar-refractivity contribution in [1.29, 1.82) is 26.3 Å². The number of rotatable bonds is 0. The van der Waals surface area contributed by atoms with Gasteiger partial charge in [-0.1, -0.05) is 118 Å². The molecule has 41 nitrogen and oxygen atoms in total. The van der Waals surface area contributed by atoms with Crippen molar-refractivity contribution in [3.05, 3.63) is 257 Å². The monoisotopic (exact) mass is 1970 g/mol. The highest BCUT2D eigenvalue weighted by molar-refractivity contribution is 5.76. The fraction of sp³-hybridized carbons (Fsp3) is 0.327. The molecule has 13 atom stereocenters. The summed E-state index contributed by atoms with van der Waals surface area (Å²) in [4.78, 5) is 51.6. The topological polar surface area (TPSA) is 553 Å². The second-order valence-electron chi connectivity index (χ2n) is 39.0. The maximum Gasteiger partial charge on any atom is 0.258 e. The van der Waals surface area contributed by atoms with E-state index in [1.165, 1.54) is 55.4 Å². The molecule has 10 bridgehead atoms. The van der Waals surface area contributed by atoms with E-state index in [9.17, 15) is 26.3 Å². The van der Waals surface area contributed by atoms with E-state index in [1.54, 1.807) is 89.6 Å². The number of aromatic nitrogens is 23. The number of nitrogens with two attached hydrogens (primary N) is 5. The number of likely N-dealkylation sites (N-methyl/N-ethyl adjacent to an activating group) is 1. The molecule has 0 spiro atoms. The van der Waals surface area contributed by atoms with Crippen LogP contribution in [0.2, 0.25) is 0 Å². The lowest BCUT2D eigenvalue weighted by molar-refractivity contribution is 0.216. The van der Waals surface area contributed by atoms with Crippen LogP contribution in [-0.4, -0.2) is 156 Å². The smallest absolute Gasteiger partial charge is 0.258 e. The Labute approximate surface area is 851 Å². The van der Waals surface area contributed by atoms with Crippen LogP contribution in [0.4, 0.5) is 34.8 Å². The summed E-state index contributed by atoms with van der Waals surface area (Å²) in [5.74, 6) is 3.36. The minimum Gasteiger partial charge on any atom is -0.467 e. The molecule has 1 aliphatic carbocycles. The summed E-state index contributed by atoms with van der Waals surface area (Å²) in [7, 11) is 10.9. The Balaban J connectivity index is 0.000000108. The minimum atomic E-state index is -0.367. The zero-order chi connectivity index (χ0) is 104. The molecule has 0 amide bonds. The van der Waals surface area contributed by atoms with Crippen molar-refractivity contribution in [2.75, 3.05) is 53.7 Å². The van der Waals surface area contributed by atoms with E-state index in [-0.39, 0.29) is 95.1 Å². The number of nitrogens with zero attached hydrogens (tertiary/aromatic N) is 31. The summed E-state index contributed by atoms with van der Waals surface area (Å²) in [5.41, 5.74) is 60.6. The molecule has 25 rings (SSSR count). The fourth-order valence-electron chi connectivity index (χ4n) is 21.0. The second-order valence-corrected chi connectivity index (χ2v) is 39.0. The summed E-state index contributed by atoms with van der Waals surface area (Å²) >= 11 is 0. The van der Waals surface area contributed by atoms with Gasteiger partial charge < -0.3 is 57.3 Å². The number of benzene rings is 5. The van der Waals surface area contributed by atoms with Gasteiger partial charge in [-0.05, 0) is 140 Å². The first kappa shape index (κ1) is 96.0. The van der Waals surface area contributed by atoms with Gasteiger partial charge in [0.2, 0.25) is 0 Å². The molecular weight excluding hydrogens is 1870 g/mol. The maximum absolute atomic E-state index is 9.74. The predicted octanol–water partition coefficient (Wildman–Crippen LogP) is 13.7. The van der Waals surface area contributed by atoms with Crippen LogP contribution in [0, 0.1) is 97.2 Å². The number of nitriles is 5. The molecule has 5 aromatic carbocycles. The van der Waals surface area contributed by atoms with Crippen molar-refractivity contribution in [3.8, 4) is 127 Å². The van der Waals surface area contributed by atoms with Gasteiger partial charge in [0.25, 0.3) is 29.4 Å². The standard InChI is InChI=1S/C22H23N7O.C22H22N6O.C21H19N9O.2C21H21N7O/c1-11-5-6-13-14(7-11)12(2)30-22-21(24)25-10-16(26-22)19-15(8-17-20(13)28(17)3)27-29(4)18(19)9-23;1-11-4-5-14-15(6-11)12(2)29-22-21(24)25-10-18(26-22)20-17(8-13-7-16(13)14)27-28(3)19(20)9-23;1-11-4-5-13-14(6-11)12(2)31-21-20(23)24-8-15(26-21)19-16(27-29(3)17(19)7-22)10-30-18(13)9-25-28-30;1-11-4-5-17-14(6-11)12(2)29-21-20(23)24-9-16(25-21)19-15(7-13-10-28(13)17)26-27(3)18(19)8-22;1-11-4-5-13-14(6-11)12(2)29-21-20(23)24-8-15(25-21)19-16(9-28-10-18(13)28)26-27(3)17(19)7-22/h5-7,10,12,17,20H,8H2,1-4H3,(H2,24,25);4-6,10,12-13,16H,7-8H2,1-3H3,(H2,24,25);4-6,8-9,12H,10H2,1-3H3,(H2,23,24);4-6,9,12-13H,7,10H2,1-3H3,(H2,23,24);4-6,8,12,18H,9-10H2,1-3H3,(H2,23,24)/t12-,17?,20?,28?;12-,13?,16?;12-;12-,13?,28?;12-,18?,28?/m11111/s1. The molecule has 19 heterocycles. The molecule has 41 heteroatoms. The number of ether oxygens (including phenoxy) is 5. The quantitative estimate of drug-likeness (QED) is 0.0880. The van der Waals surface area contributed by atoms with E-state index in [1.807, 2.05) is 53.7 Å². The third kappa shape index (κ3) is 17.8. The third-order valence-electron chi connectivity index (χ3n) is 28.8. The molecule has 16 aromatic rings. The Kier molecular flexibility index (Phi) is 24.6. The number of anilines is 6. The molecular formula is C107H106N36O5. The molecule has 11 aromatic heterocycles. The highest BCUT2D eigenvalue weighted by Gasteiger charge is 2.49. The maximum atomic E-state index is 9.74. The van der Waals surface area contributed by atoms with Crippen LogP contribution in [0.3, 0.4) is 0 Å². The summed E-state index contributed by atoms with van der Waals surface area (Å²) in [6.07, 6.45) is 11.7. The fourth-order valence-corrected chi connectivity index (χ4v) is 21.0. The van der Waals surface area contributed by atoms with Crippen LogP contribution in [-0.2, 0) is 67.6 Å². The molecule has 744 valence electrons. The highest BCUT2D eigenvalue weighted by Crippen LogP contribution is 2.55. The van der Waals surface area contributed by atoms with Crippen LogP contribution in [0.25, 0.3) is 67.5 Å². The van der Waals surface area contributed by atoms with Crippen LogP contribution >= 0.6 is 0 Å². The average molecular weight is 1980 g/mol. The molecule has 8 aliphatic heterocycles. The summed E-state index contributed by atoms with van der Waals surface area (Å²) in [5, 5.41) is 80.0. The Bertz CT molecular complexity index is 7870. The van der Waals surface area contributed by atoms with Gasteiger partial charge in [0.1, 0.15) is 89.3 Å². The van der Waals surface area contributed by atoms with E-state index in [0.717, 1.165) is 112 Å². The molecule has 10 N–H and O–H groups in total. The number of hydrogen-bond acceptors (Lipinski definition) is 35. The molecule has 1 saturated carbocycles. The van der Waals surface area contributed by atoms with Gasteiger partial charge in [0.15, 0.2) is 29.1 Å². The molecule has 0 radical (unpaired) electrons. The summed E-state index contributed by atoms with van der Waals surface area (Å²) in [6.45, 7) is 23.1. The Morgan fingerprint density at radius 2 is 0.703 bits per heavy atom. The SMILES string of the molecule is Cc1ccc2c(c1)[C@@H](C)Oc1nc(cnc1N)-c1c(nn(C)c1C#N)CC1C2N1C.Cc1ccc2c(c1)[C@@H](C)Oc1nc(cnc1N)-c1c(nn(C)c1C#N)CC1CC21.Cc1ccc2c(c1)[C@@H](C)Oc1nc(cnc1N)-c1c(nn(C)c1C#N)CC1CN21.Cc1ccc2c(c1)[C@@H](C)Oc1nc(cnc1N)-c1c(nn(C)c1C#N)CN1CC21.Cc1ccc2c(c1)[C@@H](C)Oc1nc(cnc1N)-c1c(nn(C)c1C#N)Cn1nncc1-2. The van der Waals surface area contributed by atoms with Crippen LogP contribution in [0.5, 0.6) is 29.4 Å². The minimum absolute atomic E-state index is 0.178. The van der Waals surface area contributed by atoms with Gasteiger partial charge in [-0.3, -0.25) is 33.2 Å². The number of nitrogen functional groups attached to an aromatic ring is 5. The summed E-state index contributed by atoms with van der Waals surface area (Å²) in [6, 6.07) is 44.4. The lowest BCUT2D eigenvalue weighted by Gasteiger charge is -2.21. The second kappa shape index (κ2) is 37.9. The van der Waals surface area contributed by atoms with Gasteiger partial charge in [-0.15, -0.1) is 5.10 Å². The lowest BCUT2D eigenvalue weighted by atomic mass is 9.95. The Morgan fingerprint density at radius 1 is 0.358 bits per heavy atom. The van der Waals surface area contributed by atoms with Crippen LogP contribution in [0.15, 0.2) is 128 Å². The van der Waals surface area contributed by atoms with Gasteiger partial charge in [0.05, 0.1) is 146 Å². The first-order valence-electron chi connectivity index (χ1n) is 48.6.